The van der Waals surface area contributed by atoms with Gasteiger partial charge in [-0.15, -0.1) is 0 Å². The lowest BCUT2D eigenvalue weighted by atomic mass is 9.69. The number of hydrogen-bond donors (Lipinski definition) is 0. The Hall–Kier alpha value is -0.120. The Bertz CT molecular complexity index is 1100. The van der Waals surface area contributed by atoms with Crippen LogP contribution >= 0.6 is 0 Å². The minimum atomic E-state index is 0.905. The molecule has 9 aliphatic rings. The van der Waals surface area contributed by atoms with Crippen LogP contribution in [0.3, 0.4) is 0 Å². The Morgan fingerprint density at radius 3 is 0.541 bits per heavy atom. The van der Waals surface area contributed by atoms with Gasteiger partial charge in [-0.25, -0.2) is 0 Å². The predicted molar refractivity (Wildman–Crippen MR) is 261 cm³/mol. The summed E-state index contributed by atoms with van der Waals surface area (Å²) in [5.41, 5.74) is 0. The van der Waals surface area contributed by atoms with Crippen molar-refractivity contribution in [2.45, 2.75) is 320 Å². The van der Waals surface area contributed by atoms with Gasteiger partial charge in [0.1, 0.15) is 0 Å². The quantitative estimate of drug-likeness (QED) is 0.205. The molecule has 0 N–H and O–H groups in total. The summed E-state index contributed by atoms with van der Waals surface area (Å²) in [6, 6.07) is 8.16. The van der Waals surface area contributed by atoms with E-state index in [1.807, 2.05) is 0 Å². The van der Waals surface area contributed by atoms with Crippen molar-refractivity contribution in [1.82, 2.24) is 14.7 Å². The van der Waals surface area contributed by atoms with Crippen LogP contribution in [0, 0.1) is 47.3 Å². The molecule has 0 aliphatic heterocycles. The van der Waals surface area contributed by atoms with Crippen LogP contribution in [0.25, 0.3) is 0 Å². The lowest BCUT2D eigenvalue weighted by Crippen LogP contribution is -2.54. The van der Waals surface area contributed by atoms with Crippen LogP contribution in [0.1, 0.15) is 265 Å². The first-order valence-corrected chi connectivity index (χ1v) is 29.2. The van der Waals surface area contributed by atoms with Gasteiger partial charge in [0.15, 0.2) is 0 Å². The highest BCUT2D eigenvalue weighted by Crippen LogP contribution is 2.48. The highest BCUT2D eigenvalue weighted by Gasteiger charge is 2.44. The highest BCUT2D eigenvalue weighted by molar-refractivity contribution is 4.98. The Labute approximate surface area is 380 Å². The van der Waals surface area contributed by atoms with E-state index in [-0.39, 0.29) is 0 Å². The van der Waals surface area contributed by atoms with E-state index in [0.29, 0.717) is 0 Å². The maximum Gasteiger partial charge on any atom is 0.0101 e. The van der Waals surface area contributed by atoms with E-state index in [0.717, 1.165) is 102 Å². The third kappa shape index (κ3) is 11.5. The molecule has 9 rings (SSSR count). The molecular weight excluding hydrogens is 739 g/mol. The van der Waals surface area contributed by atoms with Gasteiger partial charge in [0, 0.05) is 54.4 Å². The zero-order valence-electron chi connectivity index (χ0n) is 41.3. The average molecular weight is 842 g/mol. The van der Waals surface area contributed by atoms with Gasteiger partial charge < -0.3 is 0 Å². The zero-order chi connectivity index (χ0) is 41.7. The molecule has 0 radical (unpaired) electrons. The van der Waals surface area contributed by atoms with E-state index in [9.17, 15) is 0 Å². The first-order chi connectivity index (χ1) is 29.9. The van der Waals surface area contributed by atoms with Crippen LogP contribution in [0.15, 0.2) is 0 Å². The first kappa shape index (κ1) is 46.0. The smallest absolute Gasteiger partial charge is 0.0101 e. The molecule has 0 bridgehead atoms. The summed E-state index contributed by atoms with van der Waals surface area (Å²) in [5.74, 6) is 8.02. The maximum atomic E-state index is 3.31. The molecule has 61 heavy (non-hydrogen) atoms. The van der Waals surface area contributed by atoms with Crippen molar-refractivity contribution in [3.8, 4) is 0 Å². The fourth-order valence-electron chi connectivity index (χ4n) is 17.7. The van der Waals surface area contributed by atoms with Crippen LogP contribution in [-0.2, 0) is 0 Å². The molecule has 3 heteroatoms. The van der Waals surface area contributed by atoms with Crippen LogP contribution < -0.4 is 0 Å². The first-order valence-electron chi connectivity index (χ1n) is 29.2. The van der Waals surface area contributed by atoms with Crippen molar-refractivity contribution in [2.75, 3.05) is 0 Å². The zero-order valence-corrected chi connectivity index (χ0v) is 41.3. The highest BCUT2D eigenvalue weighted by atomic mass is 15.2. The Balaban J connectivity index is 0.758. The molecule has 0 aromatic carbocycles. The van der Waals surface area contributed by atoms with E-state index in [2.05, 4.69) is 42.4 Å². The molecule has 350 valence electrons. The van der Waals surface area contributed by atoms with Gasteiger partial charge >= 0.3 is 0 Å². The van der Waals surface area contributed by atoms with E-state index in [1.54, 1.807) is 51.4 Å². The second-order valence-corrected chi connectivity index (χ2v) is 25.6. The van der Waals surface area contributed by atoms with Gasteiger partial charge in [0.2, 0.25) is 0 Å². The van der Waals surface area contributed by atoms with Gasteiger partial charge in [-0.2, -0.15) is 0 Å². The number of hydrogen-bond acceptors (Lipinski definition) is 3. The summed E-state index contributed by atoms with van der Waals surface area (Å²) in [4.78, 5) is 9.77. The van der Waals surface area contributed by atoms with Gasteiger partial charge in [-0.05, 0) is 266 Å². The molecular formula is C58H103N3. The van der Waals surface area contributed by atoms with E-state index in [1.165, 1.54) is 186 Å². The maximum absolute atomic E-state index is 3.31. The second-order valence-electron chi connectivity index (χ2n) is 25.6. The van der Waals surface area contributed by atoms with Crippen LogP contribution in [0.4, 0.5) is 0 Å². The second kappa shape index (κ2) is 22.1. The Morgan fingerprint density at radius 2 is 0.344 bits per heavy atom. The third-order valence-electron chi connectivity index (χ3n) is 21.6. The Kier molecular flexibility index (Phi) is 16.7. The molecule has 9 fully saturated rings. The standard InChI is InChI=1S/C58H103N3/c1-42-10-26-51(27-11-42)60(52-28-12-43(2)13-29-52)57-38-22-48(23-39-57)46-18-34-55(35-19-46)59(50-8-6-5-7-9-50)56-36-20-47(21-37-56)49-24-40-58(41-25-49)61(53-30-14-44(3)15-31-53)54-32-16-45(4)17-33-54/h42-58H,5-41H2,1-4H3. The lowest BCUT2D eigenvalue weighted by Gasteiger charge is -2.52. The van der Waals surface area contributed by atoms with E-state index in [4.69, 9.17) is 0 Å². The fraction of sp³-hybridized carbons (Fsp3) is 1.00. The molecule has 0 aromatic heterocycles. The molecule has 0 aromatic rings. The summed E-state index contributed by atoms with van der Waals surface area (Å²) in [6.45, 7) is 10.1. The molecule has 9 saturated carbocycles. The molecule has 0 amide bonds. The molecule has 3 nitrogen and oxygen atoms in total. The Morgan fingerprint density at radius 1 is 0.180 bits per heavy atom. The van der Waals surface area contributed by atoms with Crippen molar-refractivity contribution >= 4 is 0 Å². The monoisotopic (exact) mass is 842 g/mol. The SMILES string of the molecule is CC1CCC(N(C2CCC(C)CC2)C2CCC(C3CCC(N(C4CCCCC4)C4CCC(C5CCC(N(C6CCC(C)CC6)C6CCC(C)CC6)CC5)CC4)CC3)CC2)CC1. The van der Waals surface area contributed by atoms with Crippen molar-refractivity contribution in [2.24, 2.45) is 47.3 Å². The van der Waals surface area contributed by atoms with Crippen molar-refractivity contribution < 1.29 is 0 Å². The van der Waals surface area contributed by atoms with Gasteiger partial charge in [-0.1, -0.05) is 47.0 Å². The van der Waals surface area contributed by atoms with E-state index < -0.39 is 0 Å². The number of nitrogens with zero attached hydrogens (tertiary/aromatic N) is 3. The summed E-state index contributed by atoms with van der Waals surface area (Å²) in [6.07, 6.45) is 56.1. The van der Waals surface area contributed by atoms with Gasteiger partial charge in [-0.3, -0.25) is 14.7 Å². The van der Waals surface area contributed by atoms with Gasteiger partial charge in [0.05, 0.1) is 0 Å². The van der Waals surface area contributed by atoms with Gasteiger partial charge in [0.25, 0.3) is 0 Å². The molecule has 0 unspecified atom stereocenters. The summed E-state index contributed by atoms with van der Waals surface area (Å²) in [5, 5.41) is 0. The van der Waals surface area contributed by atoms with Crippen LogP contribution in [-0.4, -0.2) is 69.1 Å². The molecule has 9 aliphatic carbocycles. The average Bonchev–Trinajstić information content (AvgIpc) is 3.30. The number of rotatable bonds is 11. The van der Waals surface area contributed by atoms with Crippen LogP contribution in [0.5, 0.6) is 0 Å². The minimum Gasteiger partial charge on any atom is -0.294 e. The van der Waals surface area contributed by atoms with Crippen molar-refractivity contribution in [3.63, 3.8) is 0 Å². The predicted octanol–water partition coefficient (Wildman–Crippen LogP) is 15.8. The minimum absolute atomic E-state index is 0.905. The van der Waals surface area contributed by atoms with Crippen molar-refractivity contribution in [3.05, 3.63) is 0 Å². The normalized spacial score (nSPS) is 45.3. The largest absolute Gasteiger partial charge is 0.294 e. The summed E-state index contributed by atoms with van der Waals surface area (Å²) in [7, 11) is 0. The van der Waals surface area contributed by atoms with Crippen molar-refractivity contribution in [1.29, 1.82) is 0 Å². The third-order valence-corrected chi connectivity index (χ3v) is 21.6. The summed E-state index contributed by atoms with van der Waals surface area (Å²) < 4.78 is 0. The topological polar surface area (TPSA) is 9.72 Å². The van der Waals surface area contributed by atoms with E-state index >= 15 is 0 Å². The lowest BCUT2D eigenvalue weighted by molar-refractivity contribution is -0.0173. The molecule has 0 spiro atoms. The molecule has 0 atom stereocenters. The molecule has 0 saturated heterocycles. The molecule has 0 heterocycles. The summed E-state index contributed by atoms with van der Waals surface area (Å²) >= 11 is 0. The van der Waals surface area contributed by atoms with Crippen LogP contribution in [0.2, 0.25) is 0 Å². The fourth-order valence-corrected chi connectivity index (χ4v) is 17.7.